The van der Waals surface area contributed by atoms with E-state index in [-0.39, 0.29) is 12.1 Å². The Bertz CT molecular complexity index is 496. The molecule has 2 amide bonds. The maximum atomic E-state index is 12.0. The molecule has 1 aromatic rings. The van der Waals surface area contributed by atoms with Crippen LogP contribution in [-0.4, -0.2) is 41.8 Å². The van der Waals surface area contributed by atoms with E-state index in [2.05, 4.69) is 27.3 Å². The molecule has 116 valence electrons. The van der Waals surface area contributed by atoms with Gasteiger partial charge in [-0.3, -0.25) is 4.90 Å². The largest absolute Gasteiger partial charge is 0.359 e. The van der Waals surface area contributed by atoms with Gasteiger partial charge >= 0.3 is 6.03 Å². The molecule has 0 atom stereocenters. The molecule has 6 nitrogen and oxygen atoms in total. The fourth-order valence-electron chi connectivity index (χ4n) is 2.61. The van der Waals surface area contributed by atoms with Gasteiger partial charge in [-0.15, -0.1) is 0 Å². The summed E-state index contributed by atoms with van der Waals surface area (Å²) < 4.78 is 5.03. The van der Waals surface area contributed by atoms with Gasteiger partial charge in [0.1, 0.15) is 11.4 Å². The van der Waals surface area contributed by atoms with E-state index in [0.717, 1.165) is 32.5 Å². The molecule has 1 aromatic heterocycles. The number of piperidine rings is 1. The molecule has 1 aliphatic rings. The predicted molar refractivity (Wildman–Crippen MR) is 82.4 cm³/mol. The fraction of sp³-hybridized carbons (Fsp3) is 0.600. The molecular formula is C15H24N4O2. The van der Waals surface area contributed by atoms with E-state index in [1.807, 2.05) is 13.8 Å². The molecule has 0 radical (unpaired) electrons. The molecule has 0 aliphatic carbocycles. The molecule has 0 bridgehead atoms. The number of hydrogen-bond donors (Lipinski definition) is 2. The number of anilines is 1. The number of urea groups is 1. The SMILES string of the molecule is C=C(C)CN1CCC(NC(=O)Nc2c(C)noc2C)CC1. The lowest BCUT2D eigenvalue weighted by atomic mass is 10.0. The average molecular weight is 292 g/mol. The van der Waals surface area contributed by atoms with E-state index in [1.165, 1.54) is 5.57 Å². The normalized spacial score (nSPS) is 16.7. The van der Waals surface area contributed by atoms with Crippen LogP contribution in [0.2, 0.25) is 0 Å². The van der Waals surface area contributed by atoms with Gasteiger partial charge in [0, 0.05) is 25.7 Å². The molecule has 2 N–H and O–H groups in total. The highest BCUT2D eigenvalue weighted by Crippen LogP contribution is 2.18. The van der Waals surface area contributed by atoms with Gasteiger partial charge < -0.3 is 15.2 Å². The maximum absolute atomic E-state index is 12.0. The van der Waals surface area contributed by atoms with Crippen LogP contribution in [0, 0.1) is 13.8 Å². The van der Waals surface area contributed by atoms with E-state index >= 15 is 0 Å². The predicted octanol–water partition coefficient (Wildman–Crippen LogP) is 2.45. The monoisotopic (exact) mass is 292 g/mol. The summed E-state index contributed by atoms with van der Waals surface area (Å²) >= 11 is 0. The summed E-state index contributed by atoms with van der Waals surface area (Å²) in [6, 6.07) is 0.0228. The highest BCUT2D eigenvalue weighted by Gasteiger charge is 2.21. The number of nitrogens with one attached hydrogen (secondary N) is 2. The van der Waals surface area contributed by atoms with E-state index < -0.39 is 0 Å². The van der Waals surface area contributed by atoms with Gasteiger partial charge in [0.2, 0.25) is 0 Å². The zero-order chi connectivity index (χ0) is 15.4. The minimum Gasteiger partial charge on any atom is -0.359 e. The first-order valence-corrected chi connectivity index (χ1v) is 7.33. The third-order valence-corrected chi connectivity index (χ3v) is 3.69. The number of amides is 2. The molecule has 0 aromatic carbocycles. The van der Waals surface area contributed by atoms with Crippen molar-refractivity contribution in [3.8, 4) is 0 Å². The second-order valence-corrected chi connectivity index (χ2v) is 5.81. The smallest absolute Gasteiger partial charge is 0.319 e. The highest BCUT2D eigenvalue weighted by atomic mass is 16.5. The van der Waals surface area contributed by atoms with Gasteiger partial charge in [0.15, 0.2) is 5.76 Å². The van der Waals surface area contributed by atoms with E-state index in [4.69, 9.17) is 4.52 Å². The molecule has 6 heteroatoms. The Morgan fingerprint density at radius 3 is 2.62 bits per heavy atom. The summed E-state index contributed by atoms with van der Waals surface area (Å²) in [4.78, 5) is 14.4. The van der Waals surface area contributed by atoms with Gasteiger partial charge in [-0.1, -0.05) is 17.3 Å². The number of carbonyl (C=O) groups is 1. The molecular weight excluding hydrogens is 268 g/mol. The van der Waals surface area contributed by atoms with E-state index in [0.29, 0.717) is 17.1 Å². The fourth-order valence-corrected chi connectivity index (χ4v) is 2.61. The molecule has 21 heavy (non-hydrogen) atoms. The third-order valence-electron chi connectivity index (χ3n) is 3.69. The topological polar surface area (TPSA) is 70.4 Å². The van der Waals surface area contributed by atoms with Crippen molar-refractivity contribution in [2.24, 2.45) is 0 Å². The van der Waals surface area contributed by atoms with Crippen LogP contribution >= 0.6 is 0 Å². The zero-order valence-corrected chi connectivity index (χ0v) is 13.0. The first kappa shape index (κ1) is 15.6. The number of aromatic nitrogens is 1. The molecule has 0 spiro atoms. The Morgan fingerprint density at radius 1 is 1.43 bits per heavy atom. The molecule has 0 saturated carbocycles. The lowest BCUT2D eigenvalue weighted by Crippen LogP contribution is -2.46. The van der Waals surface area contributed by atoms with Crippen LogP contribution in [0.4, 0.5) is 10.5 Å². The Labute approximate surface area is 125 Å². The molecule has 1 fully saturated rings. The Hall–Kier alpha value is -1.82. The zero-order valence-electron chi connectivity index (χ0n) is 13.0. The number of aryl methyl sites for hydroxylation is 2. The molecule has 0 unspecified atom stereocenters. The summed E-state index contributed by atoms with van der Waals surface area (Å²) in [5.41, 5.74) is 2.53. The van der Waals surface area contributed by atoms with Crippen LogP contribution in [0.1, 0.15) is 31.2 Å². The molecule has 2 rings (SSSR count). The Kier molecular flexibility index (Phi) is 5.01. The van der Waals surface area contributed by atoms with Gasteiger partial charge in [-0.05, 0) is 33.6 Å². The van der Waals surface area contributed by atoms with Gasteiger partial charge in [-0.25, -0.2) is 4.79 Å². The Balaban J connectivity index is 1.78. The quantitative estimate of drug-likeness (QED) is 0.836. The second kappa shape index (κ2) is 6.76. The summed E-state index contributed by atoms with van der Waals surface area (Å²) in [7, 11) is 0. The van der Waals surface area contributed by atoms with Crippen molar-refractivity contribution >= 4 is 11.7 Å². The second-order valence-electron chi connectivity index (χ2n) is 5.81. The number of hydrogen-bond acceptors (Lipinski definition) is 4. The molecule has 1 saturated heterocycles. The number of nitrogens with zero attached hydrogens (tertiary/aromatic N) is 2. The van der Waals surface area contributed by atoms with E-state index in [1.54, 1.807) is 6.92 Å². The number of carbonyl (C=O) groups excluding carboxylic acids is 1. The van der Waals surface area contributed by atoms with E-state index in [9.17, 15) is 4.79 Å². The lowest BCUT2D eigenvalue weighted by molar-refractivity contribution is 0.207. The van der Waals surface area contributed by atoms with Crippen molar-refractivity contribution in [1.82, 2.24) is 15.4 Å². The Morgan fingerprint density at radius 2 is 2.10 bits per heavy atom. The van der Waals surface area contributed by atoms with Crippen LogP contribution < -0.4 is 10.6 Å². The van der Waals surface area contributed by atoms with Crippen LogP contribution in [-0.2, 0) is 0 Å². The van der Waals surface area contributed by atoms with Crippen molar-refractivity contribution in [2.45, 2.75) is 39.7 Å². The van der Waals surface area contributed by atoms with Gasteiger partial charge in [0.05, 0.1) is 0 Å². The molecule has 2 heterocycles. The van der Waals surface area contributed by atoms with Crippen LogP contribution in [0.3, 0.4) is 0 Å². The van der Waals surface area contributed by atoms with Crippen molar-refractivity contribution < 1.29 is 9.32 Å². The van der Waals surface area contributed by atoms with Crippen molar-refractivity contribution in [2.75, 3.05) is 25.0 Å². The number of likely N-dealkylation sites (tertiary alicyclic amines) is 1. The lowest BCUT2D eigenvalue weighted by Gasteiger charge is -2.32. The maximum Gasteiger partial charge on any atom is 0.319 e. The standard InChI is InChI=1S/C15H24N4O2/c1-10(2)9-19-7-5-13(6-8-19)16-15(20)17-14-11(3)18-21-12(14)4/h13H,1,5-9H2,2-4H3,(H2,16,17,20). The van der Waals surface area contributed by atoms with Crippen molar-refractivity contribution in [3.05, 3.63) is 23.6 Å². The highest BCUT2D eigenvalue weighted by molar-refractivity contribution is 5.90. The van der Waals surface area contributed by atoms with Gasteiger partial charge in [-0.2, -0.15) is 0 Å². The molecule has 1 aliphatic heterocycles. The number of rotatable bonds is 4. The van der Waals surface area contributed by atoms with Crippen LogP contribution in [0.25, 0.3) is 0 Å². The first-order valence-electron chi connectivity index (χ1n) is 7.33. The summed E-state index contributed by atoms with van der Waals surface area (Å²) in [5.74, 6) is 0.624. The first-order chi connectivity index (χ1) is 9.95. The van der Waals surface area contributed by atoms with Gasteiger partial charge in [0.25, 0.3) is 0 Å². The average Bonchev–Trinajstić information content (AvgIpc) is 2.72. The minimum absolute atomic E-state index is 0.192. The van der Waals surface area contributed by atoms with Crippen molar-refractivity contribution in [1.29, 1.82) is 0 Å². The minimum atomic E-state index is -0.192. The summed E-state index contributed by atoms with van der Waals surface area (Å²) in [5, 5.41) is 9.65. The summed E-state index contributed by atoms with van der Waals surface area (Å²) in [6.07, 6.45) is 1.92. The van der Waals surface area contributed by atoms with Crippen LogP contribution in [0.5, 0.6) is 0 Å². The van der Waals surface area contributed by atoms with Crippen molar-refractivity contribution in [3.63, 3.8) is 0 Å². The van der Waals surface area contributed by atoms with Crippen LogP contribution in [0.15, 0.2) is 16.7 Å². The summed E-state index contributed by atoms with van der Waals surface area (Å²) in [6.45, 7) is 12.5. The third kappa shape index (κ3) is 4.32.